The molecule has 0 spiro atoms. The predicted octanol–water partition coefficient (Wildman–Crippen LogP) is 5.08. The first-order valence-electron chi connectivity index (χ1n) is 7.90. The number of H-pyrrole nitrogens is 1. The van der Waals surface area contributed by atoms with Crippen molar-refractivity contribution < 1.29 is 0 Å². The molecule has 3 heteroatoms. The fourth-order valence-corrected chi connectivity index (χ4v) is 2.97. The maximum absolute atomic E-state index is 4.94. The molecule has 0 saturated heterocycles. The van der Waals surface area contributed by atoms with Crippen molar-refractivity contribution >= 4 is 40.7 Å². The smallest absolute Gasteiger partial charge is 0.0875 e. The zero-order valence-electron chi connectivity index (χ0n) is 13.2. The lowest BCUT2D eigenvalue weighted by Gasteiger charge is -2.02. The highest BCUT2D eigenvalue weighted by Gasteiger charge is 2.04. The third-order valence-electron chi connectivity index (χ3n) is 4.14. The van der Waals surface area contributed by atoms with Crippen LogP contribution in [0.2, 0.25) is 0 Å². The third kappa shape index (κ3) is 2.61. The van der Waals surface area contributed by atoms with Gasteiger partial charge in [0, 0.05) is 11.6 Å². The molecule has 1 N–H and O–H groups in total. The molecule has 24 heavy (non-hydrogen) atoms. The molecule has 0 aliphatic heterocycles. The van der Waals surface area contributed by atoms with Crippen molar-refractivity contribution in [2.45, 2.75) is 6.54 Å². The molecule has 0 saturated carbocycles. The van der Waals surface area contributed by atoms with Crippen LogP contribution in [0.5, 0.6) is 0 Å². The van der Waals surface area contributed by atoms with Gasteiger partial charge in [-0.05, 0) is 41.4 Å². The molecule has 3 nitrogen and oxygen atoms in total. The highest BCUT2D eigenvalue weighted by molar-refractivity contribution is 5.95. The quantitative estimate of drug-likeness (QED) is 0.659. The van der Waals surface area contributed by atoms with Crippen LogP contribution in [0.25, 0.3) is 34.0 Å². The zero-order chi connectivity index (χ0) is 16.4. The maximum Gasteiger partial charge on any atom is 0.0875 e. The average molecular weight is 311 g/mol. The first-order chi connectivity index (χ1) is 11.8. The minimum atomic E-state index is 0.590. The number of rotatable bonds is 2. The molecule has 1 heterocycles. The number of aromatic amines is 1. The SMILES string of the molecule is C=NCc1ccc2[nH]cc3c4ccccc4c(nc2c1)/C=C\C=C/3. The molecule has 0 fully saturated rings. The van der Waals surface area contributed by atoms with Crippen LogP contribution in [0.4, 0.5) is 0 Å². The zero-order valence-corrected chi connectivity index (χ0v) is 13.2. The lowest BCUT2D eigenvalue weighted by molar-refractivity contribution is 1.08. The van der Waals surface area contributed by atoms with Crippen LogP contribution in [0.1, 0.15) is 16.8 Å². The largest absolute Gasteiger partial charge is 0.359 e. The summed E-state index contributed by atoms with van der Waals surface area (Å²) in [4.78, 5) is 12.3. The number of nitrogens with one attached hydrogen (secondary N) is 1. The standard InChI is InChI=1S/C21H17N3/c1-22-13-15-10-11-20-21(12-15)24-19-9-5-2-6-16(14-23-20)17-7-3-4-8-18(17)19/h2-12,14,23H,1,13H2/b6-2-,9-5-,16-14?,24-19?. The summed E-state index contributed by atoms with van der Waals surface area (Å²) in [5, 5.41) is 2.30. The second kappa shape index (κ2) is 6.13. The summed E-state index contributed by atoms with van der Waals surface area (Å²) in [5.41, 5.74) is 5.07. The molecular weight excluding hydrogens is 294 g/mol. The van der Waals surface area contributed by atoms with Gasteiger partial charge in [0.2, 0.25) is 0 Å². The fraction of sp³-hybridized carbons (Fsp3) is 0.0476. The molecule has 1 aromatic heterocycles. The predicted molar refractivity (Wildman–Crippen MR) is 103 cm³/mol. The Morgan fingerprint density at radius 2 is 1.83 bits per heavy atom. The van der Waals surface area contributed by atoms with E-state index in [4.69, 9.17) is 4.98 Å². The van der Waals surface area contributed by atoms with E-state index >= 15 is 0 Å². The van der Waals surface area contributed by atoms with Gasteiger partial charge in [0.1, 0.15) is 0 Å². The van der Waals surface area contributed by atoms with Crippen LogP contribution in [-0.4, -0.2) is 16.7 Å². The van der Waals surface area contributed by atoms with E-state index in [-0.39, 0.29) is 0 Å². The van der Waals surface area contributed by atoms with E-state index in [1.807, 2.05) is 24.4 Å². The number of nitrogens with zero attached hydrogens (tertiary/aromatic N) is 2. The number of fused-ring (bicyclic) bond motifs is 1. The van der Waals surface area contributed by atoms with Gasteiger partial charge in [-0.15, -0.1) is 0 Å². The van der Waals surface area contributed by atoms with Crippen molar-refractivity contribution in [3.05, 3.63) is 77.6 Å². The molecule has 1 aliphatic carbocycles. The van der Waals surface area contributed by atoms with Gasteiger partial charge in [-0.3, -0.25) is 4.99 Å². The van der Waals surface area contributed by atoms with Crippen LogP contribution >= 0.6 is 0 Å². The number of aliphatic imine (C=N–C) groups is 1. The Morgan fingerprint density at radius 3 is 2.71 bits per heavy atom. The molecule has 3 aromatic rings. The van der Waals surface area contributed by atoms with Gasteiger partial charge in [-0.25, -0.2) is 4.98 Å². The minimum absolute atomic E-state index is 0.590. The van der Waals surface area contributed by atoms with E-state index in [1.54, 1.807) is 0 Å². The highest BCUT2D eigenvalue weighted by Crippen LogP contribution is 2.24. The Balaban J connectivity index is 2.19. The van der Waals surface area contributed by atoms with Crippen molar-refractivity contribution in [3.8, 4) is 0 Å². The highest BCUT2D eigenvalue weighted by atomic mass is 14.7. The Hall–Kier alpha value is -3.20. The number of hydrogen-bond acceptors (Lipinski definition) is 2. The summed E-state index contributed by atoms with van der Waals surface area (Å²) in [7, 11) is 0. The van der Waals surface area contributed by atoms with E-state index < -0.39 is 0 Å². The molecule has 0 radical (unpaired) electrons. The normalized spacial score (nSPS) is 14.8. The topological polar surface area (TPSA) is 41.0 Å². The van der Waals surface area contributed by atoms with Crippen LogP contribution in [0.3, 0.4) is 0 Å². The fourth-order valence-electron chi connectivity index (χ4n) is 2.97. The molecule has 0 unspecified atom stereocenters. The third-order valence-corrected chi connectivity index (χ3v) is 4.14. The van der Waals surface area contributed by atoms with E-state index in [2.05, 4.69) is 65.2 Å². The van der Waals surface area contributed by atoms with Crippen LogP contribution < -0.4 is 0 Å². The van der Waals surface area contributed by atoms with Crippen LogP contribution in [-0.2, 0) is 6.54 Å². The van der Waals surface area contributed by atoms with Gasteiger partial charge >= 0.3 is 0 Å². The van der Waals surface area contributed by atoms with Crippen molar-refractivity contribution in [2.24, 2.45) is 4.99 Å². The lowest BCUT2D eigenvalue weighted by atomic mass is 10.0. The van der Waals surface area contributed by atoms with Crippen molar-refractivity contribution in [3.63, 3.8) is 0 Å². The van der Waals surface area contributed by atoms with Crippen LogP contribution in [0, 0.1) is 0 Å². The van der Waals surface area contributed by atoms with E-state index in [0.29, 0.717) is 6.54 Å². The summed E-state index contributed by atoms with van der Waals surface area (Å²) in [5.74, 6) is 0. The number of benzene rings is 2. The molecule has 0 amide bonds. The van der Waals surface area contributed by atoms with Crippen molar-refractivity contribution in [2.75, 3.05) is 0 Å². The van der Waals surface area contributed by atoms with Gasteiger partial charge in [0.25, 0.3) is 0 Å². The Bertz CT molecular complexity index is 1050. The van der Waals surface area contributed by atoms with E-state index in [1.165, 1.54) is 5.39 Å². The Kier molecular flexibility index (Phi) is 3.67. The van der Waals surface area contributed by atoms with Crippen LogP contribution in [0.15, 0.2) is 65.8 Å². The number of allylic oxidation sites excluding steroid dienone is 2. The summed E-state index contributed by atoms with van der Waals surface area (Å²) in [6, 6.07) is 14.5. The first-order valence-corrected chi connectivity index (χ1v) is 7.90. The monoisotopic (exact) mass is 311 g/mol. The van der Waals surface area contributed by atoms with Gasteiger partial charge in [0.05, 0.1) is 23.3 Å². The van der Waals surface area contributed by atoms with Gasteiger partial charge in [0.15, 0.2) is 0 Å². The molecule has 1 aliphatic rings. The lowest BCUT2D eigenvalue weighted by Crippen LogP contribution is -1.86. The van der Waals surface area contributed by atoms with Crippen molar-refractivity contribution in [1.82, 2.24) is 9.97 Å². The second-order valence-electron chi connectivity index (χ2n) is 5.74. The maximum atomic E-state index is 4.94. The molecule has 116 valence electrons. The molecule has 4 rings (SSSR count). The van der Waals surface area contributed by atoms with Gasteiger partial charge < -0.3 is 4.98 Å². The van der Waals surface area contributed by atoms with Gasteiger partial charge in [-0.1, -0.05) is 48.6 Å². The first kappa shape index (κ1) is 14.4. The second-order valence-corrected chi connectivity index (χ2v) is 5.74. The van der Waals surface area contributed by atoms with Crippen molar-refractivity contribution in [1.29, 1.82) is 0 Å². The van der Waals surface area contributed by atoms with Gasteiger partial charge in [-0.2, -0.15) is 0 Å². The summed E-state index contributed by atoms with van der Waals surface area (Å²) >= 11 is 0. The molecular formula is C21H17N3. The molecule has 0 atom stereocenters. The Labute approximate surface area is 140 Å². The minimum Gasteiger partial charge on any atom is -0.359 e. The Morgan fingerprint density at radius 1 is 1.00 bits per heavy atom. The number of hydrogen-bond donors (Lipinski definition) is 1. The molecule has 2 bridgehead atoms. The number of aromatic nitrogens is 2. The molecule has 2 aromatic carbocycles. The summed E-state index contributed by atoms with van der Waals surface area (Å²) in [6.07, 6.45) is 10.3. The summed E-state index contributed by atoms with van der Waals surface area (Å²) < 4.78 is 0. The summed E-state index contributed by atoms with van der Waals surface area (Å²) in [6.45, 7) is 4.17. The van der Waals surface area contributed by atoms with E-state index in [9.17, 15) is 0 Å². The average Bonchev–Trinajstić information content (AvgIpc) is 2.62. The van der Waals surface area contributed by atoms with E-state index in [0.717, 1.165) is 33.2 Å².